The molecule has 0 unspecified atom stereocenters. The Morgan fingerprint density at radius 3 is 1.90 bits per heavy atom. The number of benzene rings is 3. The molecule has 5 heterocycles. The van der Waals surface area contributed by atoms with E-state index < -0.39 is 29.9 Å². The molecule has 312 valence electrons. The molecule has 0 bridgehead atoms. The van der Waals surface area contributed by atoms with Gasteiger partial charge < -0.3 is 42.3 Å². The predicted molar refractivity (Wildman–Crippen MR) is 218 cm³/mol. The van der Waals surface area contributed by atoms with E-state index in [1.807, 2.05) is 4.90 Å². The number of anilines is 4. The summed E-state index contributed by atoms with van der Waals surface area (Å²) in [4.78, 5) is 66.1. The molecular formula is C40H31Cl2FN8O10. The summed E-state index contributed by atoms with van der Waals surface area (Å²) in [7, 11) is 4.00. The molecule has 18 nitrogen and oxygen atoms in total. The van der Waals surface area contributed by atoms with Gasteiger partial charge in [-0.3, -0.25) is 0 Å². The molecule has 4 amide bonds. The van der Waals surface area contributed by atoms with Gasteiger partial charge in [-0.25, -0.2) is 33.6 Å². The lowest BCUT2D eigenvalue weighted by molar-refractivity contribution is 0.189. The lowest BCUT2D eigenvalue weighted by Gasteiger charge is -2.38. The number of urea groups is 1. The number of methoxy groups -OCH3 is 3. The molecule has 1 aliphatic rings. The van der Waals surface area contributed by atoms with Crippen molar-refractivity contribution in [2.75, 3.05) is 62.2 Å². The highest BCUT2D eigenvalue weighted by atomic mass is 35.5. The minimum absolute atomic E-state index is 0.0235. The van der Waals surface area contributed by atoms with E-state index in [1.54, 1.807) is 30.3 Å². The average molecular weight is 874 g/mol. The molecule has 0 N–H and O–H groups in total. The summed E-state index contributed by atoms with van der Waals surface area (Å²) in [5.41, 5.74) is 0.756. The van der Waals surface area contributed by atoms with E-state index in [0.29, 0.717) is 29.4 Å². The molecule has 0 saturated carbocycles. The number of aromatic nitrogens is 4. The molecule has 0 atom stereocenters. The van der Waals surface area contributed by atoms with E-state index in [2.05, 4.69) is 19.9 Å². The first kappa shape index (κ1) is 40.4. The molecule has 7 aromatic rings. The van der Waals surface area contributed by atoms with Crippen LogP contribution in [0.3, 0.4) is 0 Å². The van der Waals surface area contributed by atoms with Crippen LogP contribution in [-0.2, 0) is 0 Å². The van der Waals surface area contributed by atoms with Crippen molar-refractivity contribution in [1.82, 2.24) is 24.8 Å². The second-order valence-corrected chi connectivity index (χ2v) is 13.6. The Kier molecular flexibility index (Phi) is 11.3. The Balaban J connectivity index is 1.19. The minimum Gasteiger partial charge on any atom is -0.497 e. The van der Waals surface area contributed by atoms with Gasteiger partial charge in [-0.05, 0) is 53.5 Å². The first-order valence-corrected chi connectivity index (χ1v) is 18.9. The number of para-hydroxylation sites is 3. The maximum absolute atomic E-state index is 14.9. The van der Waals surface area contributed by atoms with Crippen LogP contribution in [0.2, 0.25) is 10.4 Å². The number of ether oxygens (including phenoxy) is 5. The second kappa shape index (κ2) is 17.1. The fourth-order valence-electron chi connectivity index (χ4n) is 6.38. The van der Waals surface area contributed by atoms with Crippen LogP contribution in [0.25, 0.3) is 22.5 Å². The largest absolute Gasteiger partial charge is 0.497 e. The fourth-order valence-corrected chi connectivity index (χ4v) is 6.74. The number of amides is 4. The number of nitrogens with zero attached hydrogens (tertiary/aromatic N) is 8. The monoisotopic (exact) mass is 872 g/mol. The van der Waals surface area contributed by atoms with Gasteiger partial charge in [0.2, 0.25) is 23.1 Å². The first-order valence-electron chi connectivity index (χ1n) is 18.1. The van der Waals surface area contributed by atoms with E-state index in [-0.39, 0.29) is 80.8 Å². The highest BCUT2D eigenvalue weighted by molar-refractivity contribution is 6.30. The van der Waals surface area contributed by atoms with Gasteiger partial charge in [0, 0.05) is 56.1 Å². The van der Waals surface area contributed by atoms with Crippen LogP contribution in [0.15, 0.2) is 93.8 Å². The summed E-state index contributed by atoms with van der Waals surface area (Å²) < 4.78 is 53.1. The van der Waals surface area contributed by atoms with Crippen LogP contribution in [0, 0.1) is 5.82 Å². The number of carbonyl (C=O) groups excluding carboxylic acids is 3. The molecule has 21 heteroatoms. The van der Waals surface area contributed by atoms with Gasteiger partial charge in [0.15, 0.2) is 16.2 Å². The smallest absolute Gasteiger partial charge is 0.431 e. The van der Waals surface area contributed by atoms with Crippen molar-refractivity contribution >= 4 is 86.9 Å². The van der Waals surface area contributed by atoms with Crippen molar-refractivity contribution in [3.05, 3.63) is 101 Å². The van der Waals surface area contributed by atoms with E-state index in [4.69, 9.17) is 55.7 Å². The third kappa shape index (κ3) is 8.28. The zero-order valence-electron chi connectivity index (χ0n) is 32.2. The number of hydrogen-bond donors (Lipinski definition) is 0. The Hall–Kier alpha value is -7.38. The lowest BCUT2D eigenvalue weighted by atomic mass is 10.2. The van der Waals surface area contributed by atoms with Gasteiger partial charge in [0.1, 0.15) is 28.3 Å². The molecular weight excluding hydrogens is 842 g/mol. The quantitative estimate of drug-likeness (QED) is 0.134. The molecule has 0 aliphatic carbocycles. The van der Waals surface area contributed by atoms with Crippen LogP contribution >= 0.6 is 23.2 Å². The second-order valence-electron chi connectivity index (χ2n) is 12.9. The Labute approximate surface area is 354 Å². The van der Waals surface area contributed by atoms with E-state index in [0.717, 1.165) is 4.90 Å². The van der Waals surface area contributed by atoms with Crippen molar-refractivity contribution in [1.29, 1.82) is 0 Å². The van der Waals surface area contributed by atoms with Crippen LogP contribution in [0.5, 0.6) is 29.0 Å². The summed E-state index contributed by atoms with van der Waals surface area (Å²) in [6.45, 7) is 0.915. The van der Waals surface area contributed by atoms with E-state index >= 15 is 0 Å². The average Bonchev–Trinajstić information content (AvgIpc) is 3.82. The number of fused-ring (bicyclic) bond motifs is 2. The van der Waals surface area contributed by atoms with Crippen LogP contribution in [-0.4, -0.2) is 90.6 Å². The SMILES string of the molecule is COc1cc(F)cc(N2CCN(C(=O)N(c3ccccc3OC(=O)N(C(=O)Oc3ccccc3)c3nc4cc(Cl)oc4nc3OC)c3nc4cc(Cl)oc4nc3OC)CC2)c1. The highest BCUT2D eigenvalue weighted by Gasteiger charge is 2.37. The molecule has 61 heavy (non-hydrogen) atoms. The van der Waals surface area contributed by atoms with Crippen LogP contribution in [0.4, 0.5) is 41.8 Å². The summed E-state index contributed by atoms with van der Waals surface area (Å²) >= 11 is 12.2. The maximum Gasteiger partial charge on any atom is 0.431 e. The summed E-state index contributed by atoms with van der Waals surface area (Å²) in [5.74, 6) is -1.34. The number of piperazine rings is 1. The molecule has 0 spiro atoms. The molecule has 1 aliphatic heterocycles. The Bertz CT molecular complexity index is 2780. The number of imide groups is 1. The Morgan fingerprint density at radius 2 is 1.26 bits per heavy atom. The van der Waals surface area contributed by atoms with Crippen molar-refractivity contribution in [3.8, 4) is 29.0 Å². The molecule has 3 aromatic carbocycles. The van der Waals surface area contributed by atoms with Gasteiger partial charge in [0.05, 0.1) is 27.0 Å². The van der Waals surface area contributed by atoms with Crippen molar-refractivity contribution in [2.45, 2.75) is 0 Å². The zero-order chi connectivity index (χ0) is 42.8. The summed E-state index contributed by atoms with van der Waals surface area (Å²) in [6, 6.07) is 20.4. The molecule has 0 radical (unpaired) electrons. The number of furan rings is 2. The van der Waals surface area contributed by atoms with E-state index in [9.17, 15) is 18.8 Å². The summed E-state index contributed by atoms with van der Waals surface area (Å²) in [5, 5.41) is -0.0951. The van der Waals surface area contributed by atoms with Gasteiger partial charge in [0.25, 0.3) is 11.8 Å². The minimum atomic E-state index is -1.35. The van der Waals surface area contributed by atoms with E-state index in [1.165, 1.54) is 80.8 Å². The molecule has 4 aromatic heterocycles. The van der Waals surface area contributed by atoms with Crippen molar-refractivity contribution in [2.24, 2.45) is 0 Å². The number of halogens is 3. The number of rotatable bonds is 9. The van der Waals surface area contributed by atoms with Crippen LogP contribution in [0.1, 0.15) is 0 Å². The molecule has 1 fully saturated rings. The number of carbonyl (C=O) groups is 3. The molecule has 1 saturated heterocycles. The van der Waals surface area contributed by atoms with Gasteiger partial charge >= 0.3 is 18.2 Å². The highest BCUT2D eigenvalue weighted by Crippen LogP contribution is 2.40. The fraction of sp³-hybridized carbons (Fsp3) is 0.175. The lowest BCUT2D eigenvalue weighted by Crippen LogP contribution is -2.52. The summed E-state index contributed by atoms with van der Waals surface area (Å²) in [6.07, 6.45) is -2.61. The van der Waals surface area contributed by atoms with Gasteiger partial charge in [-0.2, -0.15) is 14.9 Å². The van der Waals surface area contributed by atoms with Gasteiger partial charge in [-0.15, -0.1) is 0 Å². The third-order valence-corrected chi connectivity index (χ3v) is 9.57. The number of hydrogen-bond acceptors (Lipinski definition) is 15. The first-order chi connectivity index (χ1) is 29.5. The predicted octanol–water partition coefficient (Wildman–Crippen LogP) is 8.52. The maximum atomic E-state index is 14.9. The standard InChI is InChI=1S/C40H31Cl2FN8O10/c1-55-25-18-22(43)17-23(19-25)48-13-15-49(16-14-48)38(52)50(32-36(56-2)46-34-26(44-32)20-30(41)60-34)28-11-7-8-12-29(28)59-40(54)51(39(53)58-24-9-5-4-6-10-24)33-37(57-3)47-35-27(45-33)21-31(42)61-35/h4-12,17-21H,13-16H2,1-3H3. The molecule has 8 rings (SSSR count). The van der Waals surface area contributed by atoms with Crippen molar-refractivity contribution in [3.63, 3.8) is 0 Å². The zero-order valence-corrected chi connectivity index (χ0v) is 33.7. The third-order valence-electron chi connectivity index (χ3n) is 9.19. The normalized spacial score (nSPS) is 12.6. The van der Waals surface area contributed by atoms with Crippen LogP contribution < -0.4 is 38.4 Å². The Morgan fingerprint density at radius 1 is 0.672 bits per heavy atom. The topological polar surface area (TPSA) is 188 Å². The van der Waals surface area contributed by atoms with Gasteiger partial charge in [-0.1, -0.05) is 30.3 Å². The van der Waals surface area contributed by atoms with Crippen molar-refractivity contribution < 1.29 is 51.3 Å².